The number of carbonyl (C=O) groups is 1. The van der Waals surface area contributed by atoms with Crippen molar-refractivity contribution in [1.29, 1.82) is 0 Å². The number of carbonyl (C=O) groups excluding carboxylic acids is 1. The van der Waals surface area contributed by atoms with Gasteiger partial charge in [0.1, 0.15) is 12.4 Å². The minimum atomic E-state index is -0.276. The van der Waals surface area contributed by atoms with Crippen LogP contribution >= 0.6 is 11.5 Å². The number of anilines is 1. The molecule has 1 fully saturated rings. The third-order valence-corrected chi connectivity index (χ3v) is 4.75. The molecule has 0 atom stereocenters. The van der Waals surface area contributed by atoms with Crippen molar-refractivity contribution in [3.05, 3.63) is 52.7 Å². The molecule has 122 valence electrons. The largest absolute Gasteiger partial charge is 0.306 e. The van der Waals surface area contributed by atoms with E-state index in [1.54, 1.807) is 12.3 Å². The van der Waals surface area contributed by atoms with Crippen LogP contribution in [0, 0.1) is 5.92 Å². The van der Waals surface area contributed by atoms with Gasteiger partial charge in [-0.05, 0) is 36.3 Å². The molecule has 1 saturated carbocycles. The Bertz CT molecular complexity index is 958. The Balaban J connectivity index is 1.46. The molecule has 3 aromatic rings. The van der Waals surface area contributed by atoms with Gasteiger partial charge in [0.15, 0.2) is 0 Å². The highest BCUT2D eigenvalue weighted by Gasteiger charge is 2.23. The summed E-state index contributed by atoms with van der Waals surface area (Å²) < 4.78 is 5.67. The summed E-state index contributed by atoms with van der Waals surface area (Å²) in [6.45, 7) is -0.0405. The Morgan fingerprint density at radius 3 is 2.96 bits per heavy atom. The summed E-state index contributed by atoms with van der Waals surface area (Å²) in [7, 11) is 0. The van der Waals surface area contributed by atoms with Crippen LogP contribution in [0.1, 0.15) is 18.7 Å². The third-order valence-electron chi connectivity index (χ3n) is 4.08. The molecule has 1 aliphatic rings. The Hall–Kier alpha value is -2.54. The molecule has 2 heterocycles. The van der Waals surface area contributed by atoms with E-state index in [1.165, 1.54) is 28.9 Å². The first-order valence-corrected chi connectivity index (χ1v) is 8.67. The highest BCUT2D eigenvalue weighted by molar-refractivity contribution is 7.09. The van der Waals surface area contributed by atoms with Crippen molar-refractivity contribution in [1.82, 2.24) is 13.9 Å². The van der Waals surface area contributed by atoms with Crippen LogP contribution in [0.25, 0.3) is 10.8 Å². The average molecular weight is 340 g/mol. The topological polar surface area (TPSA) is 76.9 Å². The minimum Gasteiger partial charge on any atom is -0.306 e. The number of amides is 1. The highest BCUT2D eigenvalue weighted by atomic mass is 32.1. The molecule has 0 spiro atoms. The number of nitrogens with one attached hydrogen (secondary N) is 1. The van der Waals surface area contributed by atoms with Crippen LogP contribution in [0.15, 0.2) is 41.3 Å². The van der Waals surface area contributed by atoms with E-state index < -0.39 is 0 Å². The molecule has 1 aromatic carbocycles. The Kier molecular flexibility index (Phi) is 3.86. The van der Waals surface area contributed by atoms with Crippen molar-refractivity contribution >= 4 is 33.3 Å². The number of fused-ring (bicyclic) bond motifs is 1. The van der Waals surface area contributed by atoms with Crippen LogP contribution in [0.2, 0.25) is 0 Å². The van der Waals surface area contributed by atoms with Crippen molar-refractivity contribution < 1.29 is 4.79 Å². The quantitative estimate of drug-likeness (QED) is 0.774. The number of aromatic nitrogens is 3. The Labute approximate surface area is 142 Å². The van der Waals surface area contributed by atoms with E-state index in [9.17, 15) is 9.59 Å². The molecule has 0 unspecified atom stereocenters. The number of hydrogen-bond acceptors (Lipinski definition) is 5. The first-order valence-electron chi connectivity index (χ1n) is 7.90. The molecule has 2 aromatic heterocycles. The first kappa shape index (κ1) is 15.0. The van der Waals surface area contributed by atoms with Gasteiger partial charge in [0, 0.05) is 29.5 Å². The van der Waals surface area contributed by atoms with E-state index in [2.05, 4.69) is 14.7 Å². The fourth-order valence-corrected chi connectivity index (χ4v) is 3.25. The number of rotatable bonds is 5. The minimum absolute atomic E-state index is 0.0405. The van der Waals surface area contributed by atoms with Crippen LogP contribution in [0.4, 0.5) is 5.13 Å². The van der Waals surface area contributed by atoms with Gasteiger partial charge in [0.2, 0.25) is 11.0 Å². The number of benzene rings is 1. The van der Waals surface area contributed by atoms with Gasteiger partial charge in [0.25, 0.3) is 5.56 Å². The second-order valence-corrected chi connectivity index (χ2v) is 6.80. The van der Waals surface area contributed by atoms with Crippen molar-refractivity contribution in [3.8, 4) is 0 Å². The molecule has 6 nitrogen and oxygen atoms in total. The molecular weight excluding hydrogens is 324 g/mol. The zero-order valence-electron chi connectivity index (χ0n) is 12.9. The lowest BCUT2D eigenvalue weighted by Gasteiger charge is -2.06. The maximum absolute atomic E-state index is 12.4. The van der Waals surface area contributed by atoms with Crippen molar-refractivity contribution in [3.63, 3.8) is 0 Å². The third kappa shape index (κ3) is 3.21. The van der Waals surface area contributed by atoms with E-state index in [4.69, 9.17) is 0 Å². The van der Waals surface area contributed by atoms with E-state index in [1.807, 2.05) is 24.3 Å². The average Bonchev–Trinajstić information content (AvgIpc) is 3.29. The molecule has 1 N–H and O–H groups in total. The zero-order valence-corrected chi connectivity index (χ0v) is 13.8. The summed E-state index contributed by atoms with van der Waals surface area (Å²) in [5.74, 6) is 1.22. The summed E-state index contributed by atoms with van der Waals surface area (Å²) in [4.78, 5) is 28.9. The fraction of sp³-hybridized carbons (Fsp3) is 0.294. The van der Waals surface area contributed by atoms with Crippen molar-refractivity contribution in [2.24, 2.45) is 5.92 Å². The summed E-state index contributed by atoms with van der Waals surface area (Å²) in [5, 5.41) is 4.69. The van der Waals surface area contributed by atoms with Crippen LogP contribution < -0.4 is 10.9 Å². The van der Waals surface area contributed by atoms with Gasteiger partial charge in [-0.3, -0.25) is 14.9 Å². The lowest BCUT2D eigenvalue weighted by atomic mass is 10.2. The van der Waals surface area contributed by atoms with Gasteiger partial charge >= 0.3 is 0 Å². The van der Waals surface area contributed by atoms with Gasteiger partial charge in [-0.15, -0.1) is 0 Å². The smallest absolute Gasteiger partial charge is 0.258 e. The van der Waals surface area contributed by atoms with Crippen LogP contribution in [-0.2, 0) is 17.8 Å². The Morgan fingerprint density at radius 1 is 1.29 bits per heavy atom. The molecule has 1 amide bonds. The molecule has 0 bridgehead atoms. The second kappa shape index (κ2) is 6.16. The van der Waals surface area contributed by atoms with E-state index in [-0.39, 0.29) is 18.0 Å². The molecule has 0 aliphatic heterocycles. The van der Waals surface area contributed by atoms with Crippen LogP contribution in [0.5, 0.6) is 0 Å². The number of nitrogens with zero attached hydrogens (tertiary/aromatic N) is 3. The van der Waals surface area contributed by atoms with Crippen LogP contribution in [-0.4, -0.2) is 19.8 Å². The molecular formula is C17H16N4O2S. The second-order valence-electron chi connectivity index (χ2n) is 6.05. The molecule has 7 heteroatoms. The maximum Gasteiger partial charge on any atom is 0.258 e. The van der Waals surface area contributed by atoms with Gasteiger partial charge in [-0.25, -0.2) is 4.98 Å². The Morgan fingerprint density at radius 2 is 2.12 bits per heavy atom. The predicted molar refractivity (Wildman–Crippen MR) is 93.2 cm³/mol. The summed E-state index contributed by atoms with van der Waals surface area (Å²) in [5.41, 5.74) is -0.171. The SMILES string of the molecule is O=C(Cn1ccc2ccccc2c1=O)Nc1nc(CC2CC2)ns1. The molecule has 4 rings (SSSR count). The van der Waals surface area contributed by atoms with Crippen molar-refractivity contribution in [2.75, 3.05) is 5.32 Å². The first-order chi connectivity index (χ1) is 11.7. The molecule has 0 saturated heterocycles. The van der Waals surface area contributed by atoms with Gasteiger partial charge in [-0.1, -0.05) is 18.2 Å². The summed E-state index contributed by atoms with van der Waals surface area (Å²) >= 11 is 1.18. The predicted octanol–water partition coefficient (Wildman–Crippen LogP) is 2.44. The monoisotopic (exact) mass is 340 g/mol. The lowest BCUT2D eigenvalue weighted by Crippen LogP contribution is -2.27. The normalized spacial score (nSPS) is 14.0. The fourth-order valence-electron chi connectivity index (χ4n) is 2.64. The number of hydrogen-bond donors (Lipinski definition) is 1. The van der Waals surface area contributed by atoms with Crippen molar-refractivity contribution in [2.45, 2.75) is 25.8 Å². The van der Waals surface area contributed by atoms with Gasteiger partial charge in [-0.2, -0.15) is 4.37 Å². The van der Waals surface area contributed by atoms with Gasteiger partial charge < -0.3 is 4.57 Å². The lowest BCUT2D eigenvalue weighted by molar-refractivity contribution is -0.116. The molecule has 0 radical (unpaired) electrons. The highest BCUT2D eigenvalue weighted by Crippen LogP contribution is 2.32. The van der Waals surface area contributed by atoms with E-state index in [0.29, 0.717) is 16.4 Å². The standard InChI is InChI=1S/C17H16N4O2S/c22-15(19-17-18-14(20-24-17)9-11-5-6-11)10-21-8-7-12-3-1-2-4-13(12)16(21)23/h1-4,7-8,11H,5-6,9-10H2,(H,18,19,20,22). The summed E-state index contributed by atoms with van der Waals surface area (Å²) in [6.07, 6.45) is 5.01. The van der Waals surface area contributed by atoms with E-state index in [0.717, 1.165) is 17.6 Å². The number of pyridine rings is 1. The van der Waals surface area contributed by atoms with E-state index >= 15 is 0 Å². The molecule has 1 aliphatic carbocycles. The summed E-state index contributed by atoms with van der Waals surface area (Å²) in [6, 6.07) is 9.18. The zero-order chi connectivity index (χ0) is 16.5. The molecule has 24 heavy (non-hydrogen) atoms. The maximum atomic E-state index is 12.4. The van der Waals surface area contributed by atoms with Gasteiger partial charge in [0.05, 0.1) is 0 Å². The van der Waals surface area contributed by atoms with Crippen LogP contribution in [0.3, 0.4) is 0 Å².